The zero-order valence-corrected chi connectivity index (χ0v) is 12.6. The van der Waals surface area contributed by atoms with Crippen molar-refractivity contribution in [2.45, 2.75) is 32.7 Å². The van der Waals surface area contributed by atoms with Gasteiger partial charge in [-0.15, -0.1) is 0 Å². The highest BCUT2D eigenvalue weighted by Crippen LogP contribution is 2.28. The number of rotatable bonds is 10. The van der Waals surface area contributed by atoms with E-state index in [1.807, 2.05) is 12.4 Å². The minimum atomic E-state index is 0.802. The molecule has 0 saturated heterocycles. The van der Waals surface area contributed by atoms with E-state index in [-0.39, 0.29) is 0 Å². The number of likely N-dealkylation sites (N-methyl/N-ethyl adjacent to an activating group) is 1. The molecule has 1 aromatic heterocycles. The molecule has 0 aromatic carbocycles. The van der Waals surface area contributed by atoms with Crippen LogP contribution in [-0.2, 0) is 11.3 Å². The Bertz CT molecular complexity index is 378. The van der Waals surface area contributed by atoms with E-state index >= 15 is 0 Å². The van der Waals surface area contributed by atoms with E-state index in [0.717, 1.165) is 56.7 Å². The van der Waals surface area contributed by atoms with Gasteiger partial charge in [-0.3, -0.25) is 9.88 Å². The molecule has 1 aliphatic rings. The summed E-state index contributed by atoms with van der Waals surface area (Å²) in [4.78, 5) is 11.0. The zero-order valence-electron chi connectivity index (χ0n) is 12.6. The maximum absolute atomic E-state index is 5.64. The molecule has 1 aliphatic carbocycles. The molecule has 1 N–H and O–H groups in total. The molecule has 112 valence electrons. The first-order valence-electron chi connectivity index (χ1n) is 7.59. The molecular formula is C15H26N4O. The Labute approximate surface area is 121 Å². The lowest BCUT2D eigenvalue weighted by Gasteiger charge is -2.16. The van der Waals surface area contributed by atoms with Crippen LogP contribution in [-0.4, -0.2) is 48.2 Å². The molecule has 2 rings (SSSR count). The van der Waals surface area contributed by atoms with E-state index < -0.39 is 0 Å². The Morgan fingerprint density at radius 1 is 1.35 bits per heavy atom. The standard InChI is InChI=1S/C15H26N4O/c1-3-6-16-15-10-17-14(9-18-15)11-19(2)7-8-20-12-13-4-5-13/h9-10,13H,3-8,11-12H2,1-2H3,(H,16,18). The first-order valence-corrected chi connectivity index (χ1v) is 7.59. The number of hydrogen-bond acceptors (Lipinski definition) is 5. The van der Waals surface area contributed by atoms with Crippen LogP contribution in [0.5, 0.6) is 0 Å². The van der Waals surface area contributed by atoms with Crippen LogP contribution in [0.3, 0.4) is 0 Å². The number of aromatic nitrogens is 2. The summed E-state index contributed by atoms with van der Waals surface area (Å²) < 4.78 is 5.64. The predicted molar refractivity (Wildman–Crippen MR) is 80.7 cm³/mol. The summed E-state index contributed by atoms with van der Waals surface area (Å²) in [6.45, 7) is 6.56. The van der Waals surface area contributed by atoms with Crippen LogP contribution in [0, 0.1) is 5.92 Å². The molecule has 5 nitrogen and oxygen atoms in total. The molecule has 5 heteroatoms. The van der Waals surface area contributed by atoms with Crippen molar-refractivity contribution in [2.24, 2.45) is 5.92 Å². The van der Waals surface area contributed by atoms with E-state index in [4.69, 9.17) is 4.74 Å². The Balaban J connectivity index is 1.63. The maximum atomic E-state index is 5.64. The maximum Gasteiger partial charge on any atom is 0.144 e. The van der Waals surface area contributed by atoms with Gasteiger partial charge in [0.15, 0.2) is 0 Å². The molecule has 0 atom stereocenters. The van der Waals surface area contributed by atoms with Crippen LogP contribution in [0.1, 0.15) is 31.9 Å². The van der Waals surface area contributed by atoms with Crippen LogP contribution in [0.4, 0.5) is 5.82 Å². The molecule has 0 radical (unpaired) electrons. The summed E-state index contributed by atoms with van der Waals surface area (Å²) in [6, 6.07) is 0. The SMILES string of the molecule is CCCNc1cnc(CN(C)CCOCC2CC2)cn1. The highest BCUT2D eigenvalue weighted by Gasteiger charge is 2.20. The van der Waals surface area contributed by atoms with Gasteiger partial charge in [0.1, 0.15) is 5.82 Å². The number of nitrogens with zero attached hydrogens (tertiary/aromatic N) is 3. The summed E-state index contributed by atoms with van der Waals surface area (Å²) in [5.41, 5.74) is 0.997. The van der Waals surface area contributed by atoms with Crippen molar-refractivity contribution in [3.63, 3.8) is 0 Å². The van der Waals surface area contributed by atoms with E-state index in [1.165, 1.54) is 12.8 Å². The van der Waals surface area contributed by atoms with E-state index in [0.29, 0.717) is 0 Å². The lowest BCUT2D eigenvalue weighted by atomic mass is 10.4. The highest BCUT2D eigenvalue weighted by atomic mass is 16.5. The molecule has 0 amide bonds. The molecule has 0 aliphatic heterocycles. The number of ether oxygens (including phenoxy) is 1. The molecule has 0 bridgehead atoms. The third kappa shape index (κ3) is 5.84. The van der Waals surface area contributed by atoms with Crippen molar-refractivity contribution in [3.05, 3.63) is 18.1 Å². The number of hydrogen-bond donors (Lipinski definition) is 1. The van der Waals surface area contributed by atoms with Crippen molar-refractivity contribution >= 4 is 5.82 Å². The van der Waals surface area contributed by atoms with Gasteiger partial charge in [0.05, 0.1) is 24.7 Å². The van der Waals surface area contributed by atoms with Gasteiger partial charge in [0.2, 0.25) is 0 Å². The van der Waals surface area contributed by atoms with E-state index in [1.54, 1.807) is 0 Å². The average molecular weight is 278 g/mol. The lowest BCUT2D eigenvalue weighted by Crippen LogP contribution is -2.23. The average Bonchev–Trinajstić information content (AvgIpc) is 3.27. The predicted octanol–water partition coefficient (Wildman–Crippen LogP) is 2.16. The molecule has 1 aromatic rings. The molecule has 0 spiro atoms. The molecule has 20 heavy (non-hydrogen) atoms. The van der Waals surface area contributed by atoms with Crippen LogP contribution in [0.25, 0.3) is 0 Å². The van der Waals surface area contributed by atoms with Gasteiger partial charge in [-0.05, 0) is 32.2 Å². The highest BCUT2D eigenvalue weighted by molar-refractivity contribution is 5.30. The van der Waals surface area contributed by atoms with Gasteiger partial charge in [-0.2, -0.15) is 0 Å². The van der Waals surface area contributed by atoms with Crippen LogP contribution in [0.15, 0.2) is 12.4 Å². The largest absolute Gasteiger partial charge is 0.380 e. The van der Waals surface area contributed by atoms with Crippen molar-refractivity contribution in [2.75, 3.05) is 38.7 Å². The van der Waals surface area contributed by atoms with Crippen LogP contribution >= 0.6 is 0 Å². The summed E-state index contributed by atoms with van der Waals surface area (Å²) in [6.07, 6.45) is 7.45. The second kappa shape index (κ2) is 8.17. The van der Waals surface area contributed by atoms with Crippen molar-refractivity contribution < 1.29 is 4.74 Å². The third-order valence-electron chi connectivity index (χ3n) is 3.36. The summed E-state index contributed by atoms with van der Waals surface area (Å²) in [7, 11) is 2.09. The fourth-order valence-electron chi connectivity index (χ4n) is 1.89. The normalized spacial score (nSPS) is 14.8. The second-order valence-electron chi connectivity index (χ2n) is 5.58. The Kier molecular flexibility index (Phi) is 6.21. The zero-order chi connectivity index (χ0) is 14.2. The van der Waals surface area contributed by atoms with Crippen LogP contribution < -0.4 is 5.32 Å². The lowest BCUT2D eigenvalue weighted by molar-refractivity contribution is 0.101. The van der Waals surface area contributed by atoms with Gasteiger partial charge < -0.3 is 10.1 Å². The third-order valence-corrected chi connectivity index (χ3v) is 3.36. The van der Waals surface area contributed by atoms with Gasteiger partial charge >= 0.3 is 0 Å². The van der Waals surface area contributed by atoms with Crippen molar-refractivity contribution in [1.29, 1.82) is 0 Å². The molecule has 1 heterocycles. The number of nitrogens with one attached hydrogen (secondary N) is 1. The smallest absolute Gasteiger partial charge is 0.144 e. The molecule has 1 saturated carbocycles. The summed E-state index contributed by atoms with van der Waals surface area (Å²) in [5, 5.41) is 3.23. The Morgan fingerprint density at radius 2 is 2.20 bits per heavy atom. The number of anilines is 1. The first kappa shape index (κ1) is 15.2. The minimum Gasteiger partial charge on any atom is -0.380 e. The van der Waals surface area contributed by atoms with E-state index in [2.05, 4.69) is 34.2 Å². The molecular weight excluding hydrogens is 252 g/mol. The van der Waals surface area contributed by atoms with Gasteiger partial charge in [-0.25, -0.2) is 4.98 Å². The van der Waals surface area contributed by atoms with Gasteiger partial charge in [-0.1, -0.05) is 6.92 Å². The molecule has 0 unspecified atom stereocenters. The van der Waals surface area contributed by atoms with Crippen molar-refractivity contribution in [1.82, 2.24) is 14.9 Å². The van der Waals surface area contributed by atoms with Crippen LogP contribution in [0.2, 0.25) is 0 Å². The Morgan fingerprint density at radius 3 is 2.85 bits per heavy atom. The fraction of sp³-hybridized carbons (Fsp3) is 0.733. The summed E-state index contributed by atoms with van der Waals surface area (Å²) in [5.74, 6) is 1.69. The minimum absolute atomic E-state index is 0.802. The first-order chi connectivity index (χ1) is 9.78. The molecule has 1 fully saturated rings. The van der Waals surface area contributed by atoms with Crippen molar-refractivity contribution in [3.8, 4) is 0 Å². The monoisotopic (exact) mass is 278 g/mol. The Hall–Kier alpha value is -1.20. The topological polar surface area (TPSA) is 50.3 Å². The van der Waals surface area contributed by atoms with E-state index in [9.17, 15) is 0 Å². The summed E-state index contributed by atoms with van der Waals surface area (Å²) >= 11 is 0. The van der Waals surface area contributed by atoms with Gasteiger partial charge in [0, 0.05) is 26.2 Å². The second-order valence-corrected chi connectivity index (χ2v) is 5.58. The van der Waals surface area contributed by atoms with Gasteiger partial charge in [0.25, 0.3) is 0 Å². The fourth-order valence-corrected chi connectivity index (χ4v) is 1.89. The quantitative estimate of drug-likeness (QED) is 0.665.